The molecule has 0 fully saturated rings. The van der Waals surface area contributed by atoms with Gasteiger partial charge in [0, 0.05) is 5.56 Å². The van der Waals surface area contributed by atoms with Crippen molar-refractivity contribution >= 4 is 23.2 Å². The Balaban J connectivity index is 1.80. The zero-order valence-corrected chi connectivity index (χ0v) is 10.4. The summed E-state index contributed by atoms with van der Waals surface area (Å²) in [5.74, 6) is -0.166. The third-order valence-electron chi connectivity index (χ3n) is 2.32. The molecule has 0 aliphatic carbocycles. The van der Waals surface area contributed by atoms with Gasteiger partial charge in [0.05, 0.1) is 6.20 Å². The SMILES string of the molecule is O=C(Nc1nn[nH]n1)c1cnc(-c2ccccc2)s1. The number of rotatable bonds is 3. The summed E-state index contributed by atoms with van der Waals surface area (Å²) in [5.41, 5.74) is 0.978. The number of carbonyl (C=O) groups is 1. The molecule has 3 rings (SSSR count). The second kappa shape index (κ2) is 4.94. The maximum atomic E-state index is 11.9. The van der Waals surface area contributed by atoms with E-state index >= 15 is 0 Å². The lowest BCUT2D eigenvalue weighted by Gasteiger charge is -1.95. The van der Waals surface area contributed by atoms with E-state index in [4.69, 9.17) is 0 Å². The van der Waals surface area contributed by atoms with Crippen LogP contribution in [0.1, 0.15) is 9.67 Å². The molecule has 0 saturated carbocycles. The highest BCUT2D eigenvalue weighted by Gasteiger charge is 2.13. The second-order valence-corrected chi connectivity index (χ2v) is 4.62. The molecular formula is C11H8N6OS. The van der Waals surface area contributed by atoms with Gasteiger partial charge in [0.15, 0.2) is 0 Å². The van der Waals surface area contributed by atoms with Gasteiger partial charge in [-0.2, -0.15) is 5.21 Å². The van der Waals surface area contributed by atoms with Crippen LogP contribution in [0, 0.1) is 0 Å². The first-order valence-corrected chi connectivity index (χ1v) is 6.20. The molecule has 0 unspecified atom stereocenters. The van der Waals surface area contributed by atoms with Crippen LogP contribution in [0.2, 0.25) is 0 Å². The highest BCUT2D eigenvalue weighted by molar-refractivity contribution is 7.17. The number of nitrogens with one attached hydrogen (secondary N) is 2. The van der Waals surface area contributed by atoms with Gasteiger partial charge in [0.1, 0.15) is 9.88 Å². The summed E-state index contributed by atoms with van der Waals surface area (Å²) in [6.07, 6.45) is 1.53. The Morgan fingerprint density at radius 3 is 2.84 bits per heavy atom. The molecule has 2 N–H and O–H groups in total. The lowest BCUT2D eigenvalue weighted by Crippen LogP contribution is -2.11. The average molecular weight is 272 g/mol. The van der Waals surface area contributed by atoms with Gasteiger partial charge in [-0.3, -0.25) is 10.1 Å². The van der Waals surface area contributed by atoms with E-state index in [1.165, 1.54) is 17.5 Å². The topological polar surface area (TPSA) is 96.5 Å². The van der Waals surface area contributed by atoms with Gasteiger partial charge in [-0.1, -0.05) is 35.4 Å². The zero-order valence-electron chi connectivity index (χ0n) is 9.57. The molecule has 19 heavy (non-hydrogen) atoms. The number of H-pyrrole nitrogens is 1. The third-order valence-corrected chi connectivity index (χ3v) is 3.37. The van der Waals surface area contributed by atoms with E-state index < -0.39 is 0 Å². The lowest BCUT2D eigenvalue weighted by atomic mass is 10.2. The lowest BCUT2D eigenvalue weighted by molar-refractivity contribution is 0.102. The van der Waals surface area contributed by atoms with Crippen molar-refractivity contribution in [3.05, 3.63) is 41.4 Å². The number of anilines is 1. The molecule has 0 atom stereocenters. The molecule has 0 saturated heterocycles. The van der Waals surface area contributed by atoms with Crippen LogP contribution in [0.4, 0.5) is 5.95 Å². The molecule has 0 spiro atoms. The molecule has 2 heterocycles. The minimum absolute atomic E-state index is 0.139. The molecule has 0 radical (unpaired) electrons. The van der Waals surface area contributed by atoms with E-state index in [2.05, 4.69) is 30.9 Å². The normalized spacial score (nSPS) is 10.3. The summed E-state index contributed by atoms with van der Waals surface area (Å²) in [7, 11) is 0. The van der Waals surface area contributed by atoms with E-state index in [0.717, 1.165) is 10.6 Å². The van der Waals surface area contributed by atoms with Crippen molar-refractivity contribution in [2.24, 2.45) is 0 Å². The minimum atomic E-state index is -0.305. The van der Waals surface area contributed by atoms with E-state index in [-0.39, 0.29) is 11.9 Å². The van der Waals surface area contributed by atoms with Gasteiger partial charge in [-0.05, 0) is 5.21 Å². The summed E-state index contributed by atoms with van der Waals surface area (Å²) in [4.78, 5) is 16.6. The van der Waals surface area contributed by atoms with Crippen molar-refractivity contribution < 1.29 is 4.79 Å². The minimum Gasteiger partial charge on any atom is -0.287 e. The van der Waals surface area contributed by atoms with E-state index in [1.807, 2.05) is 30.3 Å². The molecule has 1 aromatic carbocycles. The van der Waals surface area contributed by atoms with Gasteiger partial charge in [0.25, 0.3) is 11.9 Å². The van der Waals surface area contributed by atoms with Crippen LogP contribution in [-0.4, -0.2) is 31.5 Å². The molecule has 94 valence electrons. The molecule has 0 bridgehead atoms. The Morgan fingerprint density at radius 1 is 1.26 bits per heavy atom. The Hall–Kier alpha value is -2.61. The number of hydrogen-bond donors (Lipinski definition) is 2. The number of aromatic amines is 1. The number of thiazole rings is 1. The zero-order chi connectivity index (χ0) is 13.1. The summed E-state index contributed by atoms with van der Waals surface area (Å²) in [6.45, 7) is 0. The van der Waals surface area contributed by atoms with Gasteiger partial charge < -0.3 is 0 Å². The molecular weight excluding hydrogens is 264 g/mol. The van der Waals surface area contributed by atoms with Crippen molar-refractivity contribution in [1.82, 2.24) is 25.6 Å². The predicted molar refractivity (Wildman–Crippen MR) is 69.7 cm³/mol. The Morgan fingerprint density at radius 2 is 2.11 bits per heavy atom. The van der Waals surface area contributed by atoms with E-state index in [9.17, 15) is 4.79 Å². The predicted octanol–water partition coefficient (Wildman–Crippen LogP) is 1.58. The van der Waals surface area contributed by atoms with Crippen LogP contribution < -0.4 is 5.32 Å². The van der Waals surface area contributed by atoms with Crippen LogP contribution in [0.3, 0.4) is 0 Å². The first-order valence-electron chi connectivity index (χ1n) is 5.39. The fourth-order valence-electron chi connectivity index (χ4n) is 1.47. The van der Waals surface area contributed by atoms with Crippen LogP contribution in [0.15, 0.2) is 36.5 Å². The number of amides is 1. The molecule has 1 amide bonds. The van der Waals surface area contributed by atoms with Crippen molar-refractivity contribution in [2.75, 3.05) is 5.32 Å². The summed E-state index contributed by atoms with van der Waals surface area (Å²) >= 11 is 1.31. The highest BCUT2D eigenvalue weighted by atomic mass is 32.1. The Labute approximate surface area is 111 Å². The van der Waals surface area contributed by atoms with Crippen LogP contribution in [-0.2, 0) is 0 Å². The van der Waals surface area contributed by atoms with Crippen molar-refractivity contribution in [3.8, 4) is 10.6 Å². The van der Waals surface area contributed by atoms with Crippen LogP contribution >= 0.6 is 11.3 Å². The van der Waals surface area contributed by atoms with E-state index in [0.29, 0.717) is 4.88 Å². The van der Waals surface area contributed by atoms with Crippen molar-refractivity contribution in [1.29, 1.82) is 0 Å². The molecule has 3 aromatic rings. The van der Waals surface area contributed by atoms with Gasteiger partial charge >= 0.3 is 0 Å². The molecule has 0 aliphatic rings. The summed E-state index contributed by atoms with van der Waals surface area (Å²) < 4.78 is 0. The standard InChI is InChI=1S/C11H8N6OS/c18-9(13-11-14-16-17-15-11)8-6-12-10(19-8)7-4-2-1-3-5-7/h1-6H,(H2,13,14,15,16,17,18). The second-order valence-electron chi connectivity index (χ2n) is 3.59. The highest BCUT2D eigenvalue weighted by Crippen LogP contribution is 2.24. The number of tetrazole rings is 1. The molecule has 0 aliphatic heterocycles. The maximum absolute atomic E-state index is 11.9. The van der Waals surface area contributed by atoms with Gasteiger partial charge in [-0.25, -0.2) is 4.98 Å². The first kappa shape index (κ1) is 11.5. The van der Waals surface area contributed by atoms with Crippen molar-refractivity contribution in [2.45, 2.75) is 0 Å². The fraction of sp³-hybridized carbons (Fsp3) is 0. The number of aromatic nitrogens is 5. The smallest absolute Gasteiger partial charge is 0.270 e. The summed E-state index contributed by atoms with van der Waals surface area (Å²) in [6, 6.07) is 9.67. The van der Waals surface area contributed by atoms with Crippen molar-refractivity contribution in [3.63, 3.8) is 0 Å². The average Bonchev–Trinajstić information content (AvgIpc) is 3.10. The van der Waals surface area contributed by atoms with Crippen LogP contribution in [0.5, 0.6) is 0 Å². The first-order chi connectivity index (χ1) is 9.33. The van der Waals surface area contributed by atoms with Crippen LogP contribution in [0.25, 0.3) is 10.6 Å². The van der Waals surface area contributed by atoms with Gasteiger partial charge in [0.2, 0.25) is 0 Å². The Kier molecular flexibility index (Phi) is 2.99. The third kappa shape index (κ3) is 2.47. The van der Waals surface area contributed by atoms with Gasteiger partial charge in [-0.15, -0.1) is 16.4 Å². The number of hydrogen-bond acceptors (Lipinski definition) is 6. The molecule has 2 aromatic heterocycles. The Bertz CT molecular complexity index is 678. The molecule has 7 nitrogen and oxygen atoms in total. The monoisotopic (exact) mass is 272 g/mol. The van der Waals surface area contributed by atoms with E-state index in [1.54, 1.807) is 0 Å². The summed E-state index contributed by atoms with van der Waals surface area (Å²) in [5, 5.41) is 16.2. The largest absolute Gasteiger partial charge is 0.287 e. The number of nitrogens with zero attached hydrogens (tertiary/aromatic N) is 4. The maximum Gasteiger partial charge on any atom is 0.270 e. The quantitative estimate of drug-likeness (QED) is 0.754. The molecule has 8 heteroatoms. The fourth-order valence-corrected chi connectivity index (χ4v) is 2.29. The number of carbonyl (C=O) groups excluding carboxylic acids is 1. The number of benzene rings is 1.